The smallest absolute Gasteiger partial charge is 0.368 e. The minimum Gasteiger partial charge on any atom is -0.368 e. The fourth-order valence-electron chi connectivity index (χ4n) is 4.92. The third-order valence-electron chi connectivity index (χ3n) is 6.98. The highest BCUT2D eigenvalue weighted by molar-refractivity contribution is 6.30. The number of hydrogen-bond donors (Lipinski definition) is 0. The maximum atomic E-state index is 13.1. The zero-order chi connectivity index (χ0) is 26.0. The van der Waals surface area contributed by atoms with Gasteiger partial charge < -0.3 is 14.3 Å². The summed E-state index contributed by atoms with van der Waals surface area (Å²) in [6.07, 6.45) is -2.89. The highest BCUT2D eigenvalue weighted by atomic mass is 35.5. The van der Waals surface area contributed by atoms with Crippen molar-refractivity contribution in [1.29, 1.82) is 0 Å². The third kappa shape index (κ3) is 6.07. The number of benzene rings is 2. The average molecular weight is 534 g/mol. The zero-order valence-corrected chi connectivity index (χ0v) is 20.9. The molecule has 3 heterocycles. The van der Waals surface area contributed by atoms with Crippen molar-refractivity contribution in [2.75, 3.05) is 44.2 Å². The van der Waals surface area contributed by atoms with E-state index in [1.807, 2.05) is 21.9 Å². The van der Waals surface area contributed by atoms with Gasteiger partial charge in [0.15, 0.2) is 0 Å². The monoisotopic (exact) mass is 533 g/mol. The van der Waals surface area contributed by atoms with E-state index >= 15 is 0 Å². The molecule has 196 valence electrons. The van der Waals surface area contributed by atoms with E-state index in [0.29, 0.717) is 55.1 Å². The molecule has 2 aliphatic heterocycles. The van der Waals surface area contributed by atoms with E-state index in [1.165, 1.54) is 12.1 Å². The number of nitrogens with zero attached hydrogens (tertiary/aromatic N) is 5. The van der Waals surface area contributed by atoms with Crippen LogP contribution in [0.4, 0.5) is 18.9 Å². The lowest BCUT2D eigenvalue weighted by atomic mass is 9.95. The molecule has 11 heteroatoms. The molecule has 2 saturated heterocycles. The second-order valence-corrected chi connectivity index (χ2v) is 9.87. The van der Waals surface area contributed by atoms with E-state index < -0.39 is 11.7 Å². The Morgan fingerprint density at radius 2 is 1.73 bits per heavy atom. The Kier molecular flexibility index (Phi) is 7.39. The van der Waals surface area contributed by atoms with Gasteiger partial charge in [0, 0.05) is 48.4 Å². The van der Waals surface area contributed by atoms with Crippen LogP contribution in [0.1, 0.15) is 24.3 Å². The number of carbonyl (C=O) groups is 1. The molecule has 0 aliphatic carbocycles. The lowest BCUT2D eigenvalue weighted by Gasteiger charge is -2.39. The van der Waals surface area contributed by atoms with Gasteiger partial charge >= 0.3 is 6.18 Å². The van der Waals surface area contributed by atoms with E-state index in [9.17, 15) is 18.0 Å². The Balaban J connectivity index is 1.09. The van der Waals surface area contributed by atoms with Crippen LogP contribution < -0.4 is 4.90 Å². The van der Waals surface area contributed by atoms with Crippen LogP contribution in [-0.4, -0.2) is 65.1 Å². The molecule has 2 fully saturated rings. The first-order chi connectivity index (χ1) is 17.8. The van der Waals surface area contributed by atoms with Crippen LogP contribution in [0, 0.1) is 5.92 Å². The summed E-state index contributed by atoms with van der Waals surface area (Å²) in [5, 5.41) is 4.65. The molecule has 3 aromatic rings. The van der Waals surface area contributed by atoms with E-state index in [4.69, 9.17) is 16.1 Å². The number of aromatic nitrogens is 2. The lowest BCUT2D eigenvalue weighted by molar-refractivity contribution is -0.138. The molecule has 1 aromatic heterocycles. The van der Waals surface area contributed by atoms with E-state index in [2.05, 4.69) is 15.0 Å². The fraction of sp³-hybridized carbons (Fsp3) is 0.423. The number of amides is 1. The van der Waals surface area contributed by atoms with Gasteiger partial charge in [0.1, 0.15) is 0 Å². The van der Waals surface area contributed by atoms with Gasteiger partial charge in [0.2, 0.25) is 17.6 Å². The van der Waals surface area contributed by atoms with Gasteiger partial charge in [-0.1, -0.05) is 35.0 Å². The Labute approximate surface area is 217 Å². The number of likely N-dealkylation sites (tertiary alicyclic amines) is 1. The molecule has 0 unspecified atom stereocenters. The maximum absolute atomic E-state index is 13.1. The molecule has 2 aromatic carbocycles. The number of rotatable bonds is 5. The lowest BCUT2D eigenvalue weighted by Crippen LogP contribution is -2.51. The average Bonchev–Trinajstić information content (AvgIpc) is 3.37. The van der Waals surface area contributed by atoms with Gasteiger partial charge in [-0.15, -0.1) is 0 Å². The number of halogens is 4. The van der Waals surface area contributed by atoms with Crippen molar-refractivity contribution in [2.24, 2.45) is 5.92 Å². The van der Waals surface area contributed by atoms with E-state index in [-0.39, 0.29) is 11.8 Å². The fourth-order valence-corrected chi connectivity index (χ4v) is 5.11. The zero-order valence-electron chi connectivity index (χ0n) is 20.1. The molecule has 37 heavy (non-hydrogen) atoms. The van der Waals surface area contributed by atoms with Gasteiger partial charge in [0.05, 0.1) is 12.1 Å². The molecule has 5 rings (SSSR count). The van der Waals surface area contributed by atoms with E-state index in [0.717, 1.165) is 37.6 Å². The number of anilines is 1. The van der Waals surface area contributed by atoms with Crippen LogP contribution in [0.5, 0.6) is 0 Å². The second kappa shape index (κ2) is 10.7. The molecular weight excluding hydrogens is 507 g/mol. The standard InChI is InChI=1S/C26H27ClF3N5O2/c27-21-5-1-3-19(15-21)24-31-23(37-32-24)17-33-9-7-18(8-10-33)25(36)35-13-11-34(12-14-35)22-6-2-4-20(16-22)26(28,29)30/h1-6,15-16,18H,7-14,17H2. The largest absolute Gasteiger partial charge is 0.416 e. The summed E-state index contributed by atoms with van der Waals surface area (Å²) in [4.78, 5) is 23.5. The molecule has 0 radical (unpaired) electrons. The van der Waals surface area contributed by atoms with Crippen LogP contribution in [0.2, 0.25) is 5.02 Å². The van der Waals surface area contributed by atoms with Crippen LogP contribution >= 0.6 is 11.6 Å². The predicted molar refractivity (Wildman–Crippen MR) is 133 cm³/mol. The first kappa shape index (κ1) is 25.5. The number of hydrogen-bond acceptors (Lipinski definition) is 6. The highest BCUT2D eigenvalue weighted by Gasteiger charge is 2.33. The number of piperidine rings is 1. The summed E-state index contributed by atoms with van der Waals surface area (Å²) >= 11 is 6.04. The SMILES string of the molecule is O=C(C1CCN(Cc2nc(-c3cccc(Cl)c3)no2)CC1)N1CCN(c2cccc(C(F)(F)F)c2)CC1. The molecule has 0 N–H and O–H groups in total. The first-order valence-corrected chi connectivity index (χ1v) is 12.7. The summed E-state index contributed by atoms with van der Waals surface area (Å²) in [7, 11) is 0. The van der Waals surface area contributed by atoms with Crippen molar-refractivity contribution >= 4 is 23.2 Å². The van der Waals surface area contributed by atoms with Crippen molar-refractivity contribution in [3.8, 4) is 11.4 Å². The highest BCUT2D eigenvalue weighted by Crippen LogP contribution is 2.32. The molecule has 0 bridgehead atoms. The van der Waals surface area contributed by atoms with Gasteiger partial charge in [-0.25, -0.2) is 0 Å². The van der Waals surface area contributed by atoms with Crippen LogP contribution in [-0.2, 0) is 17.5 Å². The minimum atomic E-state index is -4.37. The van der Waals surface area contributed by atoms with Gasteiger partial charge in [0.25, 0.3) is 0 Å². The van der Waals surface area contributed by atoms with Crippen molar-refractivity contribution in [3.05, 3.63) is 65.0 Å². The van der Waals surface area contributed by atoms with Crippen LogP contribution in [0.25, 0.3) is 11.4 Å². The Morgan fingerprint density at radius 1 is 1.00 bits per heavy atom. The van der Waals surface area contributed by atoms with Crippen molar-refractivity contribution in [3.63, 3.8) is 0 Å². The third-order valence-corrected chi connectivity index (χ3v) is 7.21. The van der Waals surface area contributed by atoms with Crippen molar-refractivity contribution in [1.82, 2.24) is 19.9 Å². The summed E-state index contributed by atoms with van der Waals surface area (Å²) in [6, 6.07) is 12.6. The molecule has 0 spiro atoms. The quantitative estimate of drug-likeness (QED) is 0.461. The van der Waals surface area contributed by atoms with Crippen LogP contribution in [0.15, 0.2) is 53.1 Å². The summed E-state index contributed by atoms with van der Waals surface area (Å²) in [5.41, 5.74) is 0.672. The van der Waals surface area contributed by atoms with Crippen molar-refractivity contribution in [2.45, 2.75) is 25.6 Å². The number of alkyl halides is 3. The number of piperazine rings is 1. The Bertz CT molecular complexity index is 1230. The summed E-state index contributed by atoms with van der Waals surface area (Å²) in [6.45, 7) is 4.04. The summed E-state index contributed by atoms with van der Waals surface area (Å²) < 4.78 is 44.6. The Hall–Kier alpha value is -3.11. The van der Waals surface area contributed by atoms with Gasteiger partial charge in [-0.2, -0.15) is 18.2 Å². The predicted octanol–water partition coefficient (Wildman–Crippen LogP) is 4.97. The second-order valence-electron chi connectivity index (χ2n) is 9.43. The molecule has 2 aliphatic rings. The topological polar surface area (TPSA) is 65.7 Å². The van der Waals surface area contributed by atoms with Crippen molar-refractivity contribution < 1.29 is 22.5 Å². The van der Waals surface area contributed by atoms with Gasteiger partial charge in [-0.05, 0) is 56.3 Å². The maximum Gasteiger partial charge on any atom is 0.416 e. The van der Waals surface area contributed by atoms with E-state index in [1.54, 1.807) is 18.2 Å². The summed E-state index contributed by atoms with van der Waals surface area (Å²) in [5.74, 6) is 1.09. The van der Waals surface area contributed by atoms with Crippen LogP contribution in [0.3, 0.4) is 0 Å². The normalized spacial score (nSPS) is 17.8. The first-order valence-electron chi connectivity index (χ1n) is 12.3. The molecule has 7 nitrogen and oxygen atoms in total. The number of carbonyl (C=O) groups excluding carboxylic acids is 1. The molecule has 1 amide bonds. The molecular formula is C26H27ClF3N5O2. The van der Waals surface area contributed by atoms with Gasteiger partial charge in [-0.3, -0.25) is 9.69 Å². The Morgan fingerprint density at radius 3 is 2.43 bits per heavy atom. The molecule has 0 saturated carbocycles. The minimum absolute atomic E-state index is 0.0546. The molecule has 0 atom stereocenters.